The minimum atomic E-state index is -0.374. The molecule has 0 saturated carbocycles. The number of benzene rings is 1. The van der Waals surface area contributed by atoms with Gasteiger partial charge in [0.05, 0.1) is 11.9 Å². The van der Waals surface area contributed by atoms with Crippen LogP contribution >= 0.6 is 11.6 Å². The van der Waals surface area contributed by atoms with Crippen LogP contribution in [0.25, 0.3) is 0 Å². The van der Waals surface area contributed by atoms with Gasteiger partial charge in [0.25, 0.3) is 5.56 Å². The zero-order valence-electron chi connectivity index (χ0n) is 9.65. The maximum atomic E-state index is 13.0. The van der Waals surface area contributed by atoms with Crippen LogP contribution < -0.4 is 10.9 Å². The quantitative estimate of drug-likeness (QED) is 0.927. The molecule has 0 unspecified atom stereocenters. The normalized spacial score (nSPS) is 10.4. The van der Waals surface area contributed by atoms with Gasteiger partial charge in [0.15, 0.2) is 0 Å². The maximum absolute atomic E-state index is 13.0. The number of aryl methyl sites for hydroxylation is 1. The molecule has 4 nitrogen and oxygen atoms in total. The molecule has 0 aliphatic rings. The van der Waals surface area contributed by atoms with Crippen molar-refractivity contribution in [3.63, 3.8) is 0 Å². The molecule has 18 heavy (non-hydrogen) atoms. The van der Waals surface area contributed by atoms with Gasteiger partial charge in [-0.25, -0.2) is 9.07 Å². The summed E-state index contributed by atoms with van der Waals surface area (Å²) in [5, 5.41) is 6.88. The van der Waals surface area contributed by atoms with Crippen molar-refractivity contribution in [2.24, 2.45) is 7.05 Å². The molecule has 0 radical (unpaired) electrons. The van der Waals surface area contributed by atoms with Crippen molar-refractivity contribution in [3.05, 3.63) is 57.2 Å². The highest BCUT2D eigenvalue weighted by molar-refractivity contribution is 6.32. The predicted octanol–water partition coefficient (Wildman–Crippen LogP) is 2.18. The largest absolute Gasteiger partial charge is 0.378 e. The maximum Gasteiger partial charge on any atom is 0.287 e. The van der Waals surface area contributed by atoms with Crippen LogP contribution in [0.4, 0.5) is 10.1 Å². The molecule has 0 fully saturated rings. The summed E-state index contributed by atoms with van der Waals surface area (Å²) in [4.78, 5) is 11.5. The highest BCUT2D eigenvalue weighted by Gasteiger charge is 2.06. The Morgan fingerprint density at radius 2 is 2.28 bits per heavy atom. The molecule has 6 heteroatoms. The number of nitrogens with one attached hydrogen (secondary N) is 1. The van der Waals surface area contributed by atoms with Gasteiger partial charge in [-0.2, -0.15) is 5.10 Å². The Bertz CT molecular complexity index is 627. The molecule has 1 N–H and O–H groups in total. The van der Waals surface area contributed by atoms with E-state index in [1.54, 1.807) is 12.1 Å². The Kier molecular flexibility index (Phi) is 3.62. The van der Waals surface area contributed by atoms with Crippen LogP contribution in [0.2, 0.25) is 5.02 Å². The second-order valence-electron chi connectivity index (χ2n) is 3.78. The van der Waals surface area contributed by atoms with Crippen molar-refractivity contribution in [1.82, 2.24) is 9.78 Å². The van der Waals surface area contributed by atoms with Crippen LogP contribution in [-0.4, -0.2) is 9.78 Å². The predicted molar refractivity (Wildman–Crippen MR) is 68.2 cm³/mol. The monoisotopic (exact) mass is 267 g/mol. The topological polar surface area (TPSA) is 46.9 Å². The van der Waals surface area contributed by atoms with Crippen LogP contribution in [0.3, 0.4) is 0 Å². The summed E-state index contributed by atoms with van der Waals surface area (Å²) in [6.07, 6.45) is 1.46. The third kappa shape index (κ3) is 2.68. The smallest absolute Gasteiger partial charge is 0.287 e. The van der Waals surface area contributed by atoms with Gasteiger partial charge in [0.1, 0.15) is 10.8 Å². The van der Waals surface area contributed by atoms with E-state index in [2.05, 4.69) is 10.4 Å². The fourth-order valence-corrected chi connectivity index (χ4v) is 1.72. The Hall–Kier alpha value is -1.88. The van der Waals surface area contributed by atoms with Gasteiger partial charge in [-0.05, 0) is 17.7 Å². The van der Waals surface area contributed by atoms with E-state index in [1.165, 1.54) is 25.4 Å². The van der Waals surface area contributed by atoms with Crippen LogP contribution in [0.1, 0.15) is 5.56 Å². The SMILES string of the molecule is Cn1ncc(NCc2cccc(F)c2)c(Cl)c1=O. The molecule has 2 aromatic rings. The molecule has 0 amide bonds. The summed E-state index contributed by atoms with van der Waals surface area (Å²) >= 11 is 5.89. The standard InChI is InChI=1S/C12H11ClFN3O/c1-17-12(18)11(13)10(7-16-17)15-6-8-3-2-4-9(14)5-8/h2-5,7,15H,6H2,1H3. The minimum Gasteiger partial charge on any atom is -0.378 e. The molecule has 0 bridgehead atoms. The van der Waals surface area contributed by atoms with Gasteiger partial charge in [0.2, 0.25) is 0 Å². The average Bonchev–Trinajstić information content (AvgIpc) is 2.35. The van der Waals surface area contributed by atoms with Gasteiger partial charge in [-0.3, -0.25) is 4.79 Å². The number of anilines is 1. The van der Waals surface area contributed by atoms with Gasteiger partial charge < -0.3 is 5.32 Å². The fraction of sp³-hybridized carbons (Fsp3) is 0.167. The van der Waals surface area contributed by atoms with Crippen LogP contribution in [0, 0.1) is 5.82 Å². The first-order valence-corrected chi connectivity index (χ1v) is 5.66. The molecular formula is C12H11ClFN3O. The first-order valence-electron chi connectivity index (χ1n) is 5.28. The molecule has 0 aliphatic carbocycles. The number of hydrogen-bond acceptors (Lipinski definition) is 3. The lowest BCUT2D eigenvalue weighted by atomic mass is 10.2. The van der Waals surface area contributed by atoms with Crippen molar-refractivity contribution in [1.29, 1.82) is 0 Å². The lowest BCUT2D eigenvalue weighted by Crippen LogP contribution is -2.21. The van der Waals surface area contributed by atoms with Crippen LogP contribution in [0.15, 0.2) is 35.3 Å². The molecule has 0 saturated heterocycles. The summed E-state index contributed by atoms with van der Waals surface area (Å²) < 4.78 is 14.1. The second kappa shape index (κ2) is 5.18. The van der Waals surface area contributed by atoms with E-state index in [0.717, 1.165) is 10.2 Å². The average molecular weight is 268 g/mol. The summed E-state index contributed by atoms with van der Waals surface area (Å²) in [7, 11) is 1.52. The molecular weight excluding hydrogens is 257 g/mol. The Labute approximate surface area is 108 Å². The van der Waals surface area contributed by atoms with Crippen molar-refractivity contribution in [2.45, 2.75) is 6.54 Å². The Balaban J connectivity index is 2.16. The summed E-state index contributed by atoms with van der Waals surface area (Å²) in [5.41, 5.74) is 0.816. The summed E-state index contributed by atoms with van der Waals surface area (Å²) in [6, 6.07) is 6.18. The molecule has 94 valence electrons. The molecule has 1 aromatic carbocycles. The van der Waals surface area contributed by atoms with Gasteiger partial charge in [-0.1, -0.05) is 23.7 Å². The van der Waals surface area contributed by atoms with Crippen LogP contribution in [-0.2, 0) is 13.6 Å². The third-order valence-electron chi connectivity index (χ3n) is 2.45. The van der Waals surface area contributed by atoms with Gasteiger partial charge in [0, 0.05) is 13.6 Å². The number of nitrogens with zero attached hydrogens (tertiary/aromatic N) is 2. The minimum absolute atomic E-state index is 0.0731. The number of aromatic nitrogens is 2. The summed E-state index contributed by atoms with van der Waals surface area (Å²) in [6.45, 7) is 0.367. The lowest BCUT2D eigenvalue weighted by Gasteiger charge is -2.08. The number of hydrogen-bond donors (Lipinski definition) is 1. The van der Waals surface area contributed by atoms with Gasteiger partial charge >= 0.3 is 0 Å². The van der Waals surface area contributed by atoms with E-state index in [4.69, 9.17) is 11.6 Å². The van der Waals surface area contributed by atoms with E-state index < -0.39 is 0 Å². The Morgan fingerprint density at radius 3 is 3.00 bits per heavy atom. The number of rotatable bonds is 3. The molecule has 1 aromatic heterocycles. The summed E-state index contributed by atoms with van der Waals surface area (Å²) in [5.74, 6) is -0.303. The van der Waals surface area contributed by atoms with Crippen molar-refractivity contribution < 1.29 is 4.39 Å². The van der Waals surface area contributed by atoms with E-state index in [0.29, 0.717) is 12.2 Å². The number of halogens is 2. The van der Waals surface area contributed by atoms with Crippen molar-refractivity contribution in [3.8, 4) is 0 Å². The van der Waals surface area contributed by atoms with Crippen LogP contribution in [0.5, 0.6) is 0 Å². The van der Waals surface area contributed by atoms with Crippen molar-refractivity contribution in [2.75, 3.05) is 5.32 Å². The highest BCUT2D eigenvalue weighted by Crippen LogP contribution is 2.16. The van der Waals surface area contributed by atoms with Gasteiger partial charge in [-0.15, -0.1) is 0 Å². The fourth-order valence-electron chi connectivity index (χ4n) is 1.48. The van der Waals surface area contributed by atoms with E-state index in [1.807, 2.05) is 0 Å². The Morgan fingerprint density at radius 1 is 1.50 bits per heavy atom. The zero-order valence-corrected chi connectivity index (χ0v) is 10.4. The molecule has 0 atom stereocenters. The second-order valence-corrected chi connectivity index (χ2v) is 4.16. The lowest BCUT2D eigenvalue weighted by molar-refractivity contribution is 0.626. The zero-order chi connectivity index (χ0) is 13.1. The first kappa shape index (κ1) is 12.6. The van der Waals surface area contributed by atoms with Crippen molar-refractivity contribution >= 4 is 17.3 Å². The molecule has 1 heterocycles. The van der Waals surface area contributed by atoms with E-state index in [-0.39, 0.29) is 16.4 Å². The molecule has 0 spiro atoms. The van der Waals surface area contributed by atoms with E-state index >= 15 is 0 Å². The highest BCUT2D eigenvalue weighted by atomic mass is 35.5. The molecule has 2 rings (SSSR count). The third-order valence-corrected chi connectivity index (χ3v) is 2.82. The first-order chi connectivity index (χ1) is 8.58. The van der Waals surface area contributed by atoms with E-state index in [9.17, 15) is 9.18 Å². The molecule has 0 aliphatic heterocycles.